The van der Waals surface area contributed by atoms with Gasteiger partial charge in [-0.1, -0.05) is 41.0 Å². The molecule has 0 saturated heterocycles. The monoisotopic (exact) mass is 223 g/mol. The minimum Gasteiger partial charge on any atom is -0.314 e. The van der Waals surface area contributed by atoms with Crippen LogP contribution in [-0.2, 0) is 0 Å². The highest BCUT2D eigenvalue weighted by atomic mass is 14.9. The summed E-state index contributed by atoms with van der Waals surface area (Å²) >= 11 is 0. The van der Waals surface area contributed by atoms with Gasteiger partial charge >= 0.3 is 0 Å². The van der Waals surface area contributed by atoms with Crippen molar-refractivity contribution < 1.29 is 0 Å². The fraction of sp³-hybridized carbons (Fsp3) is 1.00. The second kappa shape index (κ2) is 4.01. The van der Waals surface area contributed by atoms with E-state index in [4.69, 9.17) is 0 Å². The Hall–Kier alpha value is -0.0400. The Labute approximate surface area is 101 Å². The van der Waals surface area contributed by atoms with E-state index in [0.29, 0.717) is 10.8 Å². The van der Waals surface area contributed by atoms with E-state index in [1.807, 2.05) is 0 Å². The molecule has 2 rings (SSSR count). The molecule has 2 aliphatic carbocycles. The van der Waals surface area contributed by atoms with E-state index in [1.54, 1.807) is 0 Å². The lowest BCUT2D eigenvalue weighted by Crippen LogP contribution is -2.29. The van der Waals surface area contributed by atoms with Crippen LogP contribution in [0, 0.1) is 22.7 Å². The molecule has 0 aromatic rings. The van der Waals surface area contributed by atoms with E-state index in [2.05, 4.69) is 39.9 Å². The molecule has 0 amide bonds. The molecule has 2 unspecified atom stereocenters. The van der Waals surface area contributed by atoms with E-state index >= 15 is 0 Å². The average molecular weight is 223 g/mol. The first kappa shape index (κ1) is 12.4. The topological polar surface area (TPSA) is 12.0 Å². The van der Waals surface area contributed by atoms with Crippen LogP contribution in [-0.4, -0.2) is 12.6 Å². The highest BCUT2D eigenvalue weighted by Crippen LogP contribution is 2.67. The summed E-state index contributed by atoms with van der Waals surface area (Å²) in [6, 6.07) is 0.817. The molecule has 1 nitrogen and oxygen atoms in total. The zero-order chi connectivity index (χ0) is 12.0. The largest absolute Gasteiger partial charge is 0.314 e. The van der Waals surface area contributed by atoms with Gasteiger partial charge in [0.15, 0.2) is 0 Å². The predicted octanol–water partition coefficient (Wildman–Crippen LogP) is 3.84. The normalized spacial score (nSPS) is 36.6. The summed E-state index contributed by atoms with van der Waals surface area (Å²) in [5.74, 6) is 1.87. The van der Waals surface area contributed by atoms with Crippen molar-refractivity contribution in [2.75, 3.05) is 6.54 Å². The van der Waals surface area contributed by atoms with Crippen LogP contribution >= 0.6 is 0 Å². The maximum Gasteiger partial charge on any atom is 0.00699 e. The Morgan fingerprint density at radius 2 is 1.69 bits per heavy atom. The van der Waals surface area contributed by atoms with Gasteiger partial charge in [0.25, 0.3) is 0 Å². The van der Waals surface area contributed by atoms with Crippen LogP contribution in [0.2, 0.25) is 0 Å². The standard InChI is InChI=1S/C15H29N/c1-6-11-7-8-12(9-11)16-10-13-14(2,3)15(13,4)5/h11-13,16H,6-10H2,1-5H3. The lowest BCUT2D eigenvalue weighted by atomic mass is 10.0. The Morgan fingerprint density at radius 1 is 1.06 bits per heavy atom. The van der Waals surface area contributed by atoms with Gasteiger partial charge in [0, 0.05) is 6.04 Å². The van der Waals surface area contributed by atoms with E-state index in [0.717, 1.165) is 17.9 Å². The molecule has 0 spiro atoms. The number of rotatable bonds is 4. The van der Waals surface area contributed by atoms with Crippen LogP contribution in [0.15, 0.2) is 0 Å². The minimum absolute atomic E-state index is 0.544. The highest BCUT2D eigenvalue weighted by Gasteiger charge is 2.63. The molecule has 0 aromatic carbocycles. The number of nitrogens with one attached hydrogen (secondary N) is 1. The first-order valence-electron chi connectivity index (χ1n) is 7.13. The van der Waals surface area contributed by atoms with Gasteiger partial charge in [-0.3, -0.25) is 0 Å². The molecule has 0 radical (unpaired) electrons. The SMILES string of the molecule is CCC1CCC(NCC2C(C)(C)C2(C)C)C1. The van der Waals surface area contributed by atoms with Crippen LogP contribution in [0.25, 0.3) is 0 Å². The summed E-state index contributed by atoms with van der Waals surface area (Å²) in [5, 5.41) is 3.82. The van der Waals surface area contributed by atoms with Gasteiger partial charge in [-0.2, -0.15) is 0 Å². The number of hydrogen-bond donors (Lipinski definition) is 1. The molecule has 1 N–H and O–H groups in total. The van der Waals surface area contributed by atoms with Crippen LogP contribution in [0.1, 0.15) is 60.3 Å². The molecule has 2 saturated carbocycles. The summed E-state index contributed by atoms with van der Waals surface area (Å²) in [4.78, 5) is 0. The first-order chi connectivity index (χ1) is 7.39. The average Bonchev–Trinajstić information content (AvgIpc) is 2.60. The summed E-state index contributed by atoms with van der Waals surface area (Å²) < 4.78 is 0. The molecular weight excluding hydrogens is 194 g/mol. The zero-order valence-corrected chi connectivity index (χ0v) is 11.8. The van der Waals surface area contributed by atoms with Crippen LogP contribution in [0.3, 0.4) is 0 Å². The van der Waals surface area contributed by atoms with E-state index in [9.17, 15) is 0 Å². The van der Waals surface area contributed by atoms with E-state index in [1.165, 1.54) is 32.2 Å². The second-order valence-corrected chi connectivity index (χ2v) is 7.19. The van der Waals surface area contributed by atoms with Gasteiger partial charge in [0.1, 0.15) is 0 Å². The van der Waals surface area contributed by atoms with Gasteiger partial charge < -0.3 is 5.32 Å². The van der Waals surface area contributed by atoms with Gasteiger partial charge in [0.05, 0.1) is 0 Å². The maximum atomic E-state index is 3.82. The van der Waals surface area contributed by atoms with Crippen LogP contribution in [0.4, 0.5) is 0 Å². The molecular formula is C15H29N. The smallest absolute Gasteiger partial charge is 0.00699 e. The molecule has 94 valence electrons. The van der Waals surface area contributed by atoms with Gasteiger partial charge in [0.2, 0.25) is 0 Å². The molecule has 2 fully saturated rings. The summed E-state index contributed by atoms with van der Waals surface area (Å²) in [6.07, 6.45) is 5.65. The molecule has 0 aliphatic heterocycles. The quantitative estimate of drug-likeness (QED) is 0.763. The van der Waals surface area contributed by atoms with Crippen LogP contribution in [0.5, 0.6) is 0 Å². The molecule has 2 aliphatic rings. The zero-order valence-electron chi connectivity index (χ0n) is 11.8. The molecule has 0 bridgehead atoms. The first-order valence-corrected chi connectivity index (χ1v) is 7.13. The van der Waals surface area contributed by atoms with Crippen molar-refractivity contribution in [3.8, 4) is 0 Å². The van der Waals surface area contributed by atoms with Crippen molar-refractivity contribution in [1.82, 2.24) is 5.32 Å². The minimum atomic E-state index is 0.544. The Balaban J connectivity index is 1.74. The molecule has 16 heavy (non-hydrogen) atoms. The van der Waals surface area contributed by atoms with E-state index in [-0.39, 0.29) is 0 Å². The van der Waals surface area contributed by atoms with Crippen LogP contribution < -0.4 is 5.32 Å². The van der Waals surface area contributed by atoms with Gasteiger partial charge in [-0.05, 0) is 48.5 Å². The number of hydrogen-bond acceptors (Lipinski definition) is 1. The summed E-state index contributed by atoms with van der Waals surface area (Å²) in [7, 11) is 0. The fourth-order valence-electron chi connectivity index (χ4n) is 3.76. The fourth-order valence-corrected chi connectivity index (χ4v) is 3.76. The Bertz CT molecular complexity index is 240. The van der Waals surface area contributed by atoms with E-state index < -0.39 is 0 Å². The summed E-state index contributed by atoms with van der Waals surface area (Å²) in [6.45, 7) is 13.2. The molecule has 0 heterocycles. The van der Waals surface area contributed by atoms with Crippen molar-refractivity contribution >= 4 is 0 Å². The van der Waals surface area contributed by atoms with Crippen molar-refractivity contribution in [2.24, 2.45) is 22.7 Å². The lowest BCUT2D eigenvalue weighted by Gasteiger charge is -2.13. The molecule has 2 atom stereocenters. The predicted molar refractivity (Wildman–Crippen MR) is 70.5 cm³/mol. The summed E-state index contributed by atoms with van der Waals surface area (Å²) in [5.41, 5.74) is 1.09. The van der Waals surface area contributed by atoms with Crippen molar-refractivity contribution in [2.45, 2.75) is 66.3 Å². The third-order valence-corrected chi connectivity index (χ3v) is 6.05. The molecule has 1 heteroatoms. The third kappa shape index (κ3) is 1.92. The van der Waals surface area contributed by atoms with Crippen molar-refractivity contribution in [3.05, 3.63) is 0 Å². The second-order valence-electron chi connectivity index (χ2n) is 7.19. The van der Waals surface area contributed by atoms with Gasteiger partial charge in [-0.25, -0.2) is 0 Å². The molecule has 0 aromatic heterocycles. The highest BCUT2D eigenvalue weighted by molar-refractivity contribution is 5.13. The van der Waals surface area contributed by atoms with Crippen molar-refractivity contribution in [1.29, 1.82) is 0 Å². The van der Waals surface area contributed by atoms with Gasteiger partial charge in [-0.15, -0.1) is 0 Å². The Morgan fingerprint density at radius 3 is 2.12 bits per heavy atom. The maximum absolute atomic E-state index is 3.82. The third-order valence-electron chi connectivity index (χ3n) is 6.05. The Kier molecular flexibility index (Phi) is 3.11. The van der Waals surface area contributed by atoms with Crippen molar-refractivity contribution in [3.63, 3.8) is 0 Å². The lowest BCUT2D eigenvalue weighted by molar-refractivity contribution is 0.444.